The minimum absolute atomic E-state index is 0.123. The lowest BCUT2D eigenvalue weighted by molar-refractivity contribution is 0.579. The van der Waals surface area contributed by atoms with Crippen LogP contribution in [0, 0.1) is 0 Å². The van der Waals surface area contributed by atoms with E-state index in [4.69, 9.17) is 5.73 Å². The SMILES string of the molecule is NC(CCNCCc1cscn1)c1ccccc1. The number of rotatable bonds is 7. The number of hydrogen-bond acceptors (Lipinski definition) is 4. The van der Waals surface area contributed by atoms with Crippen molar-refractivity contribution in [2.75, 3.05) is 13.1 Å². The Morgan fingerprint density at radius 1 is 1.22 bits per heavy atom. The summed E-state index contributed by atoms with van der Waals surface area (Å²) in [6.07, 6.45) is 1.95. The zero-order valence-electron chi connectivity index (χ0n) is 10.4. The summed E-state index contributed by atoms with van der Waals surface area (Å²) in [5.74, 6) is 0. The van der Waals surface area contributed by atoms with Gasteiger partial charge in [0, 0.05) is 24.4 Å². The Kier molecular flexibility index (Phi) is 5.33. The number of nitrogens with one attached hydrogen (secondary N) is 1. The van der Waals surface area contributed by atoms with Crippen LogP contribution < -0.4 is 11.1 Å². The fourth-order valence-electron chi connectivity index (χ4n) is 1.83. The van der Waals surface area contributed by atoms with Crippen molar-refractivity contribution in [3.63, 3.8) is 0 Å². The van der Waals surface area contributed by atoms with Gasteiger partial charge in [-0.15, -0.1) is 11.3 Å². The molecule has 0 amide bonds. The highest BCUT2D eigenvalue weighted by Crippen LogP contribution is 2.12. The third kappa shape index (κ3) is 4.22. The van der Waals surface area contributed by atoms with Gasteiger partial charge < -0.3 is 11.1 Å². The van der Waals surface area contributed by atoms with Gasteiger partial charge in [0.25, 0.3) is 0 Å². The van der Waals surface area contributed by atoms with Crippen LogP contribution >= 0.6 is 11.3 Å². The first-order chi connectivity index (χ1) is 8.86. The number of nitrogens with zero attached hydrogens (tertiary/aromatic N) is 1. The lowest BCUT2D eigenvalue weighted by Crippen LogP contribution is -2.23. The number of hydrogen-bond donors (Lipinski definition) is 2. The summed E-state index contributed by atoms with van der Waals surface area (Å²) in [6, 6.07) is 10.4. The molecule has 0 bridgehead atoms. The fourth-order valence-corrected chi connectivity index (χ4v) is 2.42. The van der Waals surface area contributed by atoms with Crippen LogP contribution in [-0.2, 0) is 6.42 Å². The van der Waals surface area contributed by atoms with Crippen LogP contribution in [0.2, 0.25) is 0 Å². The molecule has 18 heavy (non-hydrogen) atoms. The van der Waals surface area contributed by atoms with Gasteiger partial charge in [-0.25, -0.2) is 4.98 Å². The van der Waals surface area contributed by atoms with Gasteiger partial charge in [0.2, 0.25) is 0 Å². The standard InChI is InChI=1S/C14H19N3S/c15-14(12-4-2-1-3-5-12)7-9-16-8-6-13-10-18-11-17-13/h1-5,10-11,14,16H,6-9,15H2. The predicted molar refractivity (Wildman–Crippen MR) is 76.7 cm³/mol. The number of aromatic nitrogens is 1. The Morgan fingerprint density at radius 2 is 2.06 bits per heavy atom. The molecular formula is C14H19N3S. The molecular weight excluding hydrogens is 242 g/mol. The molecule has 0 aliphatic rings. The van der Waals surface area contributed by atoms with Crippen LogP contribution in [0.25, 0.3) is 0 Å². The van der Waals surface area contributed by atoms with E-state index in [2.05, 4.69) is 27.8 Å². The Labute approximate surface area is 112 Å². The second-order valence-electron chi connectivity index (χ2n) is 4.29. The van der Waals surface area contributed by atoms with Gasteiger partial charge in [0.15, 0.2) is 0 Å². The van der Waals surface area contributed by atoms with E-state index < -0.39 is 0 Å². The summed E-state index contributed by atoms with van der Waals surface area (Å²) in [5, 5.41) is 5.50. The van der Waals surface area contributed by atoms with Crippen molar-refractivity contribution in [1.82, 2.24) is 10.3 Å². The van der Waals surface area contributed by atoms with E-state index in [1.54, 1.807) is 11.3 Å². The third-order valence-electron chi connectivity index (χ3n) is 2.90. The Balaban J connectivity index is 1.61. The van der Waals surface area contributed by atoms with Crippen LogP contribution in [0.5, 0.6) is 0 Å². The van der Waals surface area contributed by atoms with Crippen molar-refractivity contribution in [2.45, 2.75) is 18.9 Å². The van der Waals surface area contributed by atoms with Crippen molar-refractivity contribution in [3.05, 3.63) is 52.5 Å². The lowest BCUT2D eigenvalue weighted by Gasteiger charge is -2.12. The van der Waals surface area contributed by atoms with Gasteiger partial charge in [0.05, 0.1) is 11.2 Å². The molecule has 1 heterocycles. The van der Waals surface area contributed by atoms with E-state index in [9.17, 15) is 0 Å². The molecule has 2 aromatic rings. The molecule has 0 saturated heterocycles. The monoisotopic (exact) mass is 261 g/mol. The fraction of sp³-hybridized carbons (Fsp3) is 0.357. The van der Waals surface area contributed by atoms with E-state index in [-0.39, 0.29) is 6.04 Å². The van der Waals surface area contributed by atoms with E-state index in [0.717, 1.165) is 25.9 Å². The lowest BCUT2D eigenvalue weighted by atomic mass is 10.1. The molecule has 1 aromatic heterocycles. The Hall–Kier alpha value is -1.23. The average Bonchev–Trinajstić information content (AvgIpc) is 2.92. The number of nitrogens with two attached hydrogens (primary N) is 1. The largest absolute Gasteiger partial charge is 0.324 e. The minimum atomic E-state index is 0.123. The van der Waals surface area contributed by atoms with Crippen LogP contribution in [0.15, 0.2) is 41.2 Å². The van der Waals surface area contributed by atoms with Crippen LogP contribution in [-0.4, -0.2) is 18.1 Å². The summed E-state index contributed by atoms with van der Waals surface area (Å²) in [4.78, 5) is 4.25. The molecule has 3 N–H and O–H groups in total. The second kappa shape index (κ2) is 7.26. The number of thiazole rings is 1. The van der Waals surface area contributed by atoms with E-state index in [0.29, 0.717) is 0 Å². The molecule has 1 atom stereocenters. The average molecular weight is 261 g/mol. The van der Waals surface area contributed by atoms with Gasteiger partial charge in [-0.05, 0) is 18.5 Å². The molecule has 0 aliphatic heterocycles. The Morgan fingerprint density at radius 3 is 2.78 bits per heavy atom. The zero-order valence-corrected chi connectivity index (χ0v) is 11.2. The normalized spacial score (nSPS) is 12.5. The molecule has 96 valence electrons. The van der Waals surface area contributed by atoms with Crippen LogP contribution in [0.4, 0.5) is 0 Å². The maximum atomic E-state index is 6.12. The van der Waals surface area contributed by atoms with Gasteiger partial charge in [-0.3, -0.25) is 0 Å². The quantitative estimate of drug-likeness (QED) is 0.752. The molecule has 0 saturated carbocycles. The minimum Gasteiger partial charge on any atom is -0.324 e. The van der Waals surface area contributed by atoms with Crippen molar-refractivity contribution in [3.8, 4) is 0 Å². The molecule has 1 aromatic carbocycles. The predicted octanol–water partition coefficient (Wildman–Crippen LogP) is 2.37. The maximum Gasteiger partial charge on any atom is 0.0794 e. The van der Waals surface area contributed by atoms with Crippen LogP contribution in [0.1, 0.15) is 23.7 Å². The van der Waals surface area contributed by atoms with Crippen molar-refractivity contribution < 1.29 is 0 Å². The highest BCUT2D eigenvalue weighted by Gasteiger charge is 2.04. The van der Waals surface area contributed by atoms with Crippen molar-refractivity contribution in [1.29, 1.82) is 0 Å². The molecule has 0 aliphatic carbocycles. The highest BCUT2D eigenvalue weighted by molar-refractivity contribution is 7.07. The second-order valence-corrected chi connectivity index (χ2v) is 5.00. The summed E-state index contributed by atoms with van der Waals surface area (Å²) in [6.45, 7) is 1.91. The van der Waals surface area contributed by atoms with Crippen LogP contribution in [0.3, 0.4) is 0 Å². The highest BCUT2D eigenvalue weighted by atomic mass is 32.1. The van der Waals surface area contributed by atoms with Crippen molar-refractivity contribution in [2.24, 2.45) is 5.73 Å². The third-order valence-corrected chi connectivity index (χ3v) is 3.54. The molecule has 0 fully saturated rings. The van der Waals surface area contributed by atoms with Gasteiger partial charge in [0.1, 0.15) is 0 Å². The molecule has 4 heteroatoms. The Bertz CT molecular complexity index is 428. The summed E-state index contributed by atoms with van der Waals surface area (Å²) in [7, 11) is 0. The number of benzene rings is 1. The molecule has 0 spiro atoms. The smallest absolute Gasteiger partial charge is 0.0794 e. The van der Waals surface area contributed by atoms with E-state index >= 15 is 0 Å². The summed E-state index contributed by atoms with van der Waals surface area (Å²) < 4.78 is 0. The first-order valence-corrected chi connectivity index (χ1v) is 7.19. The first kappa shape index (κ1) is 13.2. The molecule has 2 rings (SSSR count). The summed E-state index contributed by atoms with van der Waals surface area (Å²) >= 11 is 1.65. The molecule has 1 unspecified atom stereocenters. The molecule has 3 nitrogen and oxygen atoms in total. The van der Waals surface area contributed by atoms with Gasteiger partial charge in [-0.1, -0.05) is 30.3 Å². The zero-order chi connectivity index (χ0) is 12.6. The summed E-state index contributed by atoms with van der Waals surface area (Å²) in [5.41, 5.74) is 10.4. The van der Waals surface area contributed by atoms with E-state index in [1.165, 1.54) is 11.3 Å². The van der Waals surface area contributed by atoms with Crippen molar-refractivity contribution >= 4 is 11.3 Å². The van der Waals surface area contributed by atoms with Gasteiger partial charge >= 0.3 is 0 Å². The van der Waals surface area contributed by atoms with Gasteiger partial charge in [-0.2, -0.15) is 0 Å². The van der Waals surface area contributed by atoms with E-state index in [1.807, 2.05) is 23.7 Å². The topological polar surface area (TPSA) is 50.9 Å². The first-order valence-electron chi connectivity index (χ1n) is 6.24. The molecule has 0 radical (unpaired) electrons. The maximum absolute atomic E-state index is 6.12.